The minimum atomic E-state index is 0. The van der Waals surface area contributed by atoms with Crippen LogP contribution < -0.4 is 60.7 Å². The van der Waals surface area contributed by atoms with E-state index in [1.807, 2.05) is 216 Å². The molecule has 0 aromatic carbocycles. The van der Waals surface area contributed by atoms with Gasteiger partial charge in [0.2, 0.25) is 0 Å². The molecule has 47 nitrogen and oxygen atoms in total. The highest BCUT2D eigenvalue weighted by atomic mass is 35.5. The van der Waals surface area contributed by atoms with Crippen molar-refractivity contribution in [1.82, 2.24) is 116 Å². The molecule has 7 aliphatic heterocycles. The number of nitrogens with two attached hydrogens (primary N) is 5. The maximum atomic E-state index is 6.66. The lowest BCUT2D eigenvalue weighted by molar-refractivity contribution is -0.893. The summed E-state index contributed by atoms with van der Waals surface area (Å²) in [4.78, 5) is 93.3. The average Bonchev–Trinajstić information content (AvgIpc) is 1.76. The van der Waals surface area contributed by atoms with Gasteiger partial charge in [-0.25, -0.2) is 97.9 Å². The summed E-state index contributed by atoms with van der Waals surface area (Å²) >= 11 is 0. The number of hydrogen-bond donors (Lipinski definition) is 5. The zero-order valence-electron chi connectivity index (χ0n) is 84.9. The molecular formula is C100H115ClN47+. The molecule has 16 aromatic rings. The highest BCUT2D eigenvalue weighted by Gasteiger charge is 2.39. The molecule has 3 unspecified atom stereocenters. The van der Waals surface area contributed by atoms with E-state index in [1.54, 1.807) is 117 Å². The van der Waals surface area contributed by atoms with Gasteiger partial charge in [-0.3, -0.25) is 0 Å². The number of quaternary nitrogens is 2. The Labute approximate surface area is 857 Å². The Kier molecular flexibility index (Phi) is 27.1. The first-order valence-electron chi connectivity index (χ1n) is 47.7. The number of amidine groups is 8. The number of fused-ring (bicyclic) bond motifs is 8. The molecule has 3 saturated heterocycles. The van der Waals surface area contributed by atoms with Crippen molar-refractivity contribution in [3.8, 4) is 0 Å². The van der Waals surface area contributed by atoms with Gasteiger partial charge in [-0.1, -0.05) is 24.3 Å². The smallest absolute Gasteiger partial charge is 0.183 e. The Hall–Kier alpha value is -18.0. The quantitative estimate of drug-likeness (QED) is 0.0827. The van der Waals surface area contributed by atoms with Gasteiger partial charge in [0.25, 0.3) is 0 Å². The summed E-state index contributed by atoms with van der Waals surface area (Å²) in [6.45, 7) is 5.19. The molecule has 7 aliphatic rings. The predicted octanol–water partition coefficient (Wildman–Crippen LogP) is 5.16. The topological polar surface area (TPSA) is 494 Å². The monoisotopic (exact) mass is 2010 g/mol. The molecule has 0 aliphatic carbocycles. The number of nitrogens with zero attached hydrogens (tertiary/aromatic N) is 42. The van der Waals surface area contributed by atoms with E-state index in [0.29, 0.717) is 155 Å². The molecule has 10 N–H and O–H groups in total. The van der Waals surface area contributed by atoms with Crippen LogP contribution in [0.5, 0.6) is 0 Å². The van der Waals surface area contributed by atoms with Gasteiger partial charge in [0.05, 0.1) is 150 Å². The lowest BCUT2D eigenvalue weighted by Crippen LogP contribution is -3.00. The lowest BCUT2D eigenvalue weighted by Gasteiger charge is -2.32. The average molecular weight is 2010 g/mol. The number of rotatable bonds is 15. The molecule has 3 atom stereocenters. The fraction of sp³-hybridized carbons (Fsp3) is 0.280. The third kappa shape index (κ3) is 20.0. The van der Waals surface area contributed by atoms with Gasteiger partial charge in [-0.05, 0) is 118 Å². The molecule has 756 valence electrons. The highest BCUT2D eigenvalue weighted by molar-refractivity contribution is 6.53. The first kappa shape index (κ1) is 98.8. The fourth-order valence-corrected chi connectivity index (χ4v) is 18.1. The number of aliphatic imine (C=N–C) groups is 12. The van der Waals surface area contributed by atoms with E-state index >= 15 is 0 Å². The third-order valence-electron chi connectivity index (χ3n) is 26.1. The Morgan fingerprint density at radius 3 is 0.858 bits per heavy atom. The molecule has 0 bridgehead atoms. The van der Waals surface area contributed by atoms with Gasteiger partial charge in [-0.15, -0.1) is 0 Å². The molecule has 0 radical (unpaired) electrons. The lowest BCUT2D eigenvalue weighted by atomic mass is 10.2. The van der Waals surface area contributed by atoms with Crippen LogP contribution in [0.2, 0.25) is 0 Å². The van der Waals surface area contributed by atoms with E-state index in [0.717, 1.165) is 130 Å². The molecule has 23 rings (SSSR count). The second kappa shape index (κ2) is 40.7. The van der Waals surface area contributed by atoms with Crippen molar-refractivity contribution in [2.45, 2.75) is 37.4 Å². The zero-order chi connectivity index (χ0) is 103. The van der Waals surface area contributed by atoms with Crippen LogP contribution in [-0.4, -0.2) is 365 Å². The molecule has 0 amide bonds. The van der Waals surface area contributed by atoms with Crippen LogP contribution in [0.25, 0.3) is 44.7 Å². The number of pyridine rings is 4. The summed E-state index contributed by atoms with van der Waals surface area (Å²) in [7, 11) is 33.2. The van der Waals surface area contributed by atoms with Crippen LogP contribution >= 0.6 is 0 Å². The number of dihydropyridines is 4. The minimum Gasteiger partial charge on any atom is -1.00 e. The minimum absolute atomic E-state index is 0. The Bertz CT molecular complexity index is 8250. The Balaban J connectivity index is 0.000000125. The fourth-order valence-electron chi connectivity index (χ4n) is 18.1. The number of likely N-dealkylation sites (N-methyl/N-ethyl adjacent to an activating group) is 3. The van der Waals surface area contributed by atoms with Crippen molar-refractivity contribution in [2.75, 3.05) is 172 Å². The first-order chi connectivity index (χ1) is 70.8. The number of halogens is 1. The van der Waals surface area contributed by atoms with E-state index in [9.17, 15) is 0 Å². The van der Waals surface area contributed by atoms with Gasteiger partial charge in [0.1, 0.15) is 110 Å². The Morgan fingerprint density at radius 1 is 0.304 bits per heavy atom. The maximum absolute atomic E-state index is 6.66. The SMILES string of the molecule is CN(C)c1ccnc2c(N=C3C=C(N)C(N4CCC(N(C)C)C4)=NC3=Nc3cnn4c(N(C)C)ccnc34)cnn12.CN(C)c1ccnc2c(N=C3C=C(N)C(N4CCC([N+](C)(C)C)C4)=NC3=Nc3cnn4c(N(C)C)ccnc34)cnn12.C[N+](C)(C)C1CCN(C2=NC(=Nc3cnn4ccccc34)C(=Nc3cnn4ccccc34)C=C2N)C1.NC1=CC(=Nc2cnn3ccccc23)C(=Nc2cnn3ccccc23)N=C1N.[Cl-]. The van der Waals surface area contributed by atoms with Gasteiger partial charge in [0, 0.05) is 151 Å². The van der Waals surface area contributed by atoms with Crippen LogP contribution in [0.4, 0.5) is 68.8 Å². The number of aromatic nitrogens is 20. The summed E-state index contributed by atoms with van der Waals surface area (Å²) in [6, 6.07) is 32.3. The van der Waals surface area contributed by atoms with Crippen LogP contribution in [0, 0.1) is 0 Å². The van der Waals surface area contributed by atoms with Crippen LogP contribution in [0.15, 0.2) is 303 Å². The molecule has 48 heteroatoms. The summed E-state index contributed by atoms with van der Waals surface area (Å²) < 4.78 is 15.9. The second-order valence-electron chi connectivity index (χ2n) is 38.9. The first-order valence-corrected chi connectivity index (χ1v) is 47.7. The summed E-state index contributed by atoms with van der Waals surface area (Å²) in [5.74, 6) is 7.58. The van der Waals surface area contributed by atoms with Crippen LogP contribution in [0.3, 0.4) is 0 Å². The van der Waals surface area contributed by atoms with Crippen molar-refractivity contribution in [3.63, 3.8) is 0 Å². The van der Waals surface area contributed by atoms with Crippen molar-refractivity contribution >= 4 is 183 Å². The summed E-state index contributed by atoms with van der Waals surface area (Å²) in [5, 5.41) is 35.6. The van der Waals surface area contributed by atoms with Gasteiger partial charge < -0.3 is 89.2 Å². The molecule has 16 aromatic heterocycles. The molecule has 0 saturated carbocycles. The highest BCUT2D eigenvalue weighted by Crippen LogP contribution is 2.35. The van der Waals surface area contributed by atoms with Gasteiger partial charge in [-0.2, -0.15) is 58.9 Å². The van der Waals surface area contributed by atoms with E-state index in [1.165, 1.54) is 0 Å². The van der Waals surface area contributed by atoms with Crippen molar-refractivity contribution < 1.29 is 21.4 Å². The Morgan fingerprint density at radius 2 is 0.568 bits per heavy atom. The molecule has 23 heterocycles. The van der Waals surface area contributed by atoms with E-state index in [2.05, 4.69) is 152 Å². The van der Waals surface area contributed by atoms with Crippen LogP contribution in [-0.2, 0) is 0 Å². The third-order valence-corrected chi connectivity index (χ3v) is 26.1. The molecule has 3 fully saturated rings. The maximum Gasteiger partial charge on any atom is 0.183 e. The van der Waals surface area contributed by atoms with Crippen molar-refractivity contribution in [3.05, 3.63) is 243 Å². The zero-order valence-corrected chi connectivity index (χ0v) is 85.7. The van der Waals surface area contributed by atoms with Crippen LogP contribution in [0.1, 0.15) is 19.3 Å². The number of hydrogen-bond acceptors (Lipinski definition) is 33. The number of anilines is 4. The van der Waals surface area contributed by atoms with E-state index in [4.69, 9.17) is 73.6 Å². The van der Waals surface area contributed by atoms with Crippen molar-refractivity contribution in [2.24, 2.45) is 88.6 Å². The molecule has 0 spiro atoms. The van der Waals surface area contributed by atoms with E-state index in [-0.39, 0.29) is 18.2 Å². The standard InChI is InChI=1S/C28H37N14.C27H34N14.C26H29N10.C19H15N9.ClH/c1-37(2)23-8-11-30-27-21(15-32-40(23)27)34-20-14-19(29)26(39-13-10-18(17-39)42(5,6)7)36-25(20)35-22-16-33-41-24(38(3)4)9-12-31-28(22)41;1-36(2)17-9-12-39(16-17)25-18(28)13-19(33-20-14-31-40-22(37(3)4)7-10-29-26(20)40)24(35-25)34-21-15-32-41-23(38(5)6)8-11-30-27(21)41;1-36(2,3)18-10-13-33(17-18)26-19(27)14-20(30-21-15-28-34-11-6-4-8-23(21)34)25(32-26)31-22-16-29-35-12-7-5-9-24(22)35;20-12-9-13(24-14-10-22-27-7-3-1-5-16(14)27)19(26-18(12)21)25-15-11-23-28-8-4-2-6-17(15)28;/h8-9,11-12,14-16,18H,10,13,17,29H2,1-7H3;7-8,10-11,13-15,17H,9,12,16,28H2,1-6H3;4-9,11-12,14-16,18H,10,13,17,27H2,1-3H3;1-11H,20H2,(H2,21,25,26);1H/q+1;;+1;;/p-1. The largest absolute Gasteiger partial charge is 1.00 e. The van der Waals surface area contributed by atoms with E-state index < -0.39 is 0 Å². The second-order valence-corrected chi connectivity index (χ2v) is 38.9. The number of likely N-dealkylation sites (tertiary alicyclic amines) is 3. The summed E-state index contributed by atoms with van der Waals surface area (Å²) in [5.41, 5.74) is 47.0. The van der Waals surface area contributed by atoms with Gasteiger partial charge in [0.15, 0.2) is 63.4 Å². The van der Waals surface area contributed by atoms with Gasteiger partial charge >= 0.3 is 0 Å². The molecule has 148 heavy (non-hydrogen) atoms. The predicted molar refractivity (Wildman–Crippen MR) is 579 cm³/mol. The normalized spacial score (nSPS) is 19.4. The molecular weight excluding hydrogens is 1890 g/mol. The summed E-state index contributed by atoms with van der Waals surface area (Å²) in [6.07, 6.45) is 38.5. The van der Waals surface area contributed by atoms with Crippen molar-refractivity contribution in [1.29, 1.82) is 0 Å².